The van der Waals surface area contributed by atoms with Gasteiger partial charge in [0.05, 0.1) is 5.60 Å². The summed E-state index contributed by atoms with van der Waals surface area (Å²) in [4.78, 5) is 0. The highest BCUT2D eigenvalue weighted by Gasteiger charge is 2.28. The van der Waals surface area contributed by atoms with Gasteiger partial charge in [-0.05, 0) is 45.2 Å². The lowest BCUT2D eigenvalue weighted by Crippen LogP contribution is -2.40. The molecule has 1 fully saturated rings. The molecule has 0 amide bonds. The zero-order valence-electron chi connectivity index (χ0n) is 10.8. The Hall–Kier alpha value is -1.22. The number of aryl methyl sites for hydroxylation is 1. The molecule has 1 atom stereocenters. The lowest BCUT2D eigenvalue weighted by Gasteiger charge is -2.36. The van der Waals surface area contributed by atoms with Gasteiger partial charge in [0.15, 0.2) is 0 Å². The Balaban J connectivity index is 2.03. The molecule has 1 aliphatic rings. The average molecular weight is 235 g/mol. The second kappa shape index (κ2) is 4.57. The van der Waals surface area contributed by atoms with Gasteiger partial charge in [-0.3, -0.25) is 0 Å². The van der Waals surface area contributed by atoms with Crippen LogP contribution in [0.25, 0.3) is 0 Å². The number of aromatic hydroxyl groups is 1. The molecule has 1 aliphatic heterocycles. The molecule has 1 aromatic rings. The van der Waals surface area contributed by atoms with Crippen molar-refractivity contribution in [2.24, 2.45) is 0 Å². The van der Waals surface area contributed by atoms with Crippen LogP contribution in [0.3, 0.4) is 0 Å². The number of nitrogens with one attached hydrogen (secondary N) is 1. The van der Waals surface area contributed by atoms with Gasteiger partial charge < -0.3 is 15.2 Å². The number of phenols is 1. The molecule has 0 saturated carbocycles. The fourth-order valence-electron chi connectivity index (χ4n) is 2.29. The topological polar surface area (TPSA) is 41.5 Å². The minimum atomic E-state index is -0.0529. The third kappa shape index (κ3) is 3.13. The average Bonchev–Trinajstić information content (AvgIpc) is 2.22. The first-order valence-electron chi connectivity index (χ1n) is 6.16. The smallest absolute Gasteiger partial charge is 0.120 e. The molecular formula is C14H21NO2. The van der Waals surface area contributed by atoms with Crippen molar-refractivity contribution in [1.82, 2.24) is 0 Å². The van der Waals surface area contributed by atoms with Crippen LogP contribution in [-0.2, 0) is 4.74 Å². The second-order valence-electron chi connectivity index (χ2n) is 5.44. The maximum Gasteiger partial charge on any atom is 0.120 e. The molecular weight excluding hydrogens is 214 g/mol. The maximum absolute atomic E-state index is 9.67. The van der Waals surface area contributed by atoms with Gasteiger partial charge in [-0.1, -0.05) is 6.07 Å². The van der Waals surface area contributed by atoms with Crippen LogP contribution in [0.5, 0.6) is 5.75 Å². The molecule has 0 bridgehead atoms. The summed E-state index contributed by atoms with van der Waals surface area (Å²) in [5.74, 6) is 0.348. The van der Waals surface area contributed by atoms with E-state index < -0.39 is 0 Å². The largest absolute Gasteiger partial charge is 0.508 e. The second-order valence-corrected chi connectivity index (χ2v) is 5.44. The van der Waals surface area contributed by atoms with E-state index in [9.17, 15) is 5.11 Å². The predicted molar refractivity (Wildman–Crippen MR) is 69.5 cm³/mol. The van der Waals surface area contributed by atoms with Crippen LogP contribution in [-0.4, -0.2) is 23.4 Å². The van der Waals surface area contributed by atoms with Gasteiger partial charge in [0.2, 0.25) is 0 Å². The Morgan fingerprint density at radius 2 is 2.18 bits per heavy atom. The standard InChI is InChI=1S/C14H21NO2/c1-10-4-5-11(8-13(10)16)15-12-6-7-17-14(2,3)9-12/h4-5,8,12,15-16H,6-7,9H2,1-3H3. The number of anilines is 1. The molecule has 3 heteroatoms. The van der Waals surface area contributed by atoms with Crippen LogP contribution in [0.2, 0.25) is 0 Å². The predicted octanol–water partition coefficient (Wildman–Crippen LogP) is 3.07. The lowest BCUT2D eigenvalue weighted by molar-refractivity contribution is -0.0553. The summed E-state index contributed by atoms with van der Waals surface area (Å²) in [6.45, 7) is 6.93. The van der Waals surface area contributed by atoms with Gasteiger partial charge in [-0.2, -0.15) is 0 Å². The molecule has 1 heterocycles. The van der Waals surface area contributed by atoms with Crippen LogP contribution in [0.1, 0.15) is 32.3 Å². The molecule has 94 valence electrons. The minimum absolute atomic E-state index is 0.0529. The van der Waals surface area contributed by atoms with Crippen molar-refractivity contribution in [3.05, 3.63) is 23.8 Å². The van der Waals surface area contributed by atoms with E-state index in [-0.39, 0.29) is 5.60 Å². The third-order valence-electron chi connectivity index (χ3n) is 3.28. The van der Waals surface area contributed by atoms with Crippen LogP contribution in [0.15, 0.2) is 18.2 Å². The first-order chi connectivity index (χ1) is 7.96. The molecule has 0 aliphatic carbocycles. The van der Waals surface area contributed by atoms with Crippen molar-refractivity contribution >= 4 is 5.69 Å². The van der Waals surface area contributed by atoms with Crippen molar-refractivity contribution in [1.29, 1.82) is 0 Å². The molecule has 0 radical (unpaired) electrons. The van der Waals surface area contributed by atoms with Crippen molar-refractivity contribution in [2.45, 2.75) is 45.3 Å². The van der Waals surface area contributed by atoms with E-state index in [2.05, 4.69) is 19.2 Å². The summed E-state index contributed by atoms with van der Waals surface area (Å²) in [5.41, 5.74) is 1.83. The molecule has 0 aromatic heterocycles. The number of rotatable bonds is 2. The van der Waals surface area contributed by atoms with Crippen molar-refractivity contribution in [3.8, 4) is 5.75 Å². The van der Waals surface area contributed by atoms with Crippen molar-refractivity contribution < 1.29 is 9.84 Å². The monoisotopic (exact) mass is 235 g/mol. The zero-order chi connectivity index (χ0) is 12.5. The molecule has 17 heavy (non-hydrogen) atoms. The van der Waals surface area contributed by atoms with E-state index in [1.54, 1.807) is 6.07 Å². The van der Waals surface area contributed by atoms with Crippen LogP contribution in [0.4, 0.5) is 5.69 Å². The van der Waals surface area contributed by atoms with E-state index in [0.29, 0.717) is 11.8 Å². The minimum Gasteiger partial charge on any atom is -0.508 e. The van der Waals surface area contributed by atoms with Crippen LogP contribution >= 0.6 is 0 Å². The van der Waals surface area contributed by atoms with Gasteiger partial charge in [-0.25, -0.2) is 0 Å². The Kier molecular flexibility index (Phi) is 3.29. The van der Waals surface area contributed by atoms with E-state index >= 15 is 0 Å². The van der Waals surface area contributed by atoms with E-state index in [1.807, 2.05) is 19.1 Å². The van der Waals surface area contributed by atoms with Gasteiger partial charge in [0.25, 0.3) is 0 Å². The number of benzene rings is 1. The Labute approximate surface area is 103 Å². The molecule has 2 rings (SSSR count). The lowest BCUT2D eigenvalue weighted by atomic mass is 9.94. The van der Waals surface area contributed by atoms with E-state index in [0.717, 1.165) is 30.7 Å². The third-order valence-corrected chi connectivity index (χ3v) is 3.28. The highest BCUT2D eigenvalue weighted by atomic mass is 16.5. The first-order valence-corrected chi connectivity index (χ1v) is 6.16. The number of ether oxygens (including phenoxy) is 1. The van der Waals surface area contributed by atoms with Crippen molar-refractivity contribution in [2.75, 3.05) is 11.9 Å². The quantitative estimate of drug-likeness (QED) is 0.827. The molecule has 1 unspecified atom stereocenters. The summed E-state index contributed by atoms with van der Waals surface area (Å²) >= 11 is 0. The summed E-state index contributed by atoms with van der Waals surface area (Å²) in [6, 6.07) is 6.15. The molecule has 1 saturated heterocycles. The molecule has 1 aromatic carbocycles. The number of hydrogen-bond donors (Lipinski definition) is 2. The van der Waals surface area contributed by atoms with Crippen LogP contribution < -0.4 is 5.32 Å². The summed E-state index contributed by atoms with van der Waals surface area (Å²) in [5, 5.41) is 13.1. The highest BCUT2D eigenvalue weighted by molar-refractivity contribution is 5.51. The van der Waals surface area contributed by atoms with Gasteiger partial charge in [0, 0.05) is 24.4 Å². The Bertz CT molecular complexity index is 401. The number of phenolic OH excluding ortho intramolecular Hbond substituents is 1. The summed E-state index contributed by atoms with van der Waals surface area (Å²) in [7, 11) is 0. The summed E-state index contributed by atoms with van der Waals surface area (Å²) < 4.78 is 5.69. The van der Waals surface area contributed by atoms with Crippen molar-refractivity contribution in [3.63, 3.8) is 0 Å². The molecule has 3 nitrogen and oxygen atoms in total. The van der Waals surface area contributed by atoms with E-state index in [4.69, 9.17) is 4.74 Å². The highest BCUT2D eigenvalue weighted by Crippen LogP contribution is 2.28. The van der Waals surface area contributed by atoms with Gasteiger partial charge in [-0.15, -0.1) is 0 Å². The van der Waals surface area contributed by atoms with Crippen LogP contribution in [0, 0.1) is 6.92 Å². The molecule has 2 N–H and O–H groups in total. The normalized spacial score (nSPS) is 23.4. The first kappa shape index (κ1) is 12.2. The fourth-order valence-corrected chi connectivity index (χ4v) is 2.29. The molecule has 0 spiro atoms. The Morgan fingerprint density at radius 1 is 1.41 bits per heavy atom. The zero-order valence-corrected chi connectivity index (χ0v) is 10.8. The fraction of sp³-hybridized carbons (Fsp3) is 0.571. The maximum atomic E-state index is 9.67. The van der Waals surface area contributed by atoms with Gasteiger partial charge in [0.1, 0.15) is 5.75 Å². The van der Waals surface area contributed by atoms with E-state index in [1.165, 1.54) is 0 Å². The SMILES string of the molecule is Cc1ccc(NC2CCOC(C)(C)C2)cc1O. The number of hydrogen-bond acceptors (Lipinski definition) is 3. The van der Waals surface area contributed by atoms with Gasteiger partial charge >= 0.3 is 0 Å². The summed E-state index contributed by atoms with van der Waals surface area (Å²) in [6.07, 6.45) is 2.00. The Morgan fingerprint density at radius 3 is 2.82 bits per heavy atom.